The maximum Gasteiger partial charge on any atom is 0.404 e. The Morgan fingerprint density at radius 1 is 1.03 bits per heavy atom. The third-order valence-electron chi connectivity index (χ3n) is 7.66. The molecule has 0 radical (unpaired) electrons. The highest BCUT2D eigenvalue weighted by Gasteiger charge is 2.35. The minimum absolute atomic E-state index is 0.0595. The van der Waals surface area contributed by atoms with E-state index in [2.05, 4.69) is 27.8 Å². The number of amides is 2. The molecule has 2 fully saturated rings. The molecule has 2 aliphatic rings. The number of aromatic nitrogens is 2. The molecule has 1 saturated carbocycles. The lowest BCUT2D eigenvalue weighted by atomic mass is 9.89. The van der Waals surface area contributed by atoms with Crippen LogP contribution in [-0.2, 0) is 6.42 Å². The highest BCUT2D eigenvalue weighted by molar-refractivity contribution is 5.98. The van der Waals surface area contributed by atoms with E-state index in [0.717, 1.165) is 62.9 Å². The summed E-state index contributed by atoms with van der Waals surface area (Å²) in [5.41, 5.74) is 3.40. The van der Waals surface area contributed by atoms with Crippen molar-refractivity contribution < 1.29 is 14.7 Å². The molecule has 3 atom stereocenters. The van der Waals surface area contributed by atoms with Gasteiger partial charge in [-0.1, -0.05) is 73.5 Å². The van der Waals surface area contributed by atoms with E-state index in [1.165, 1.54) is 5.56 Å². The molecule has 1 aliphatic heterocycles. The molecule has 2 amide bonds. The Bertz CT molecular complexity index is 1200. The highest BCUT2D eigenvalue weighted by Crippen LogP contribution is 2.35. The Morgan fingerprint density at radius 2 is 1.76 bits per heavy atom. The van der Waals surface area contributed by atoms with Crippen LogP contribution < -0.4 is 10.6 Å². The van der Waals surface area contributed by atoms with Crippen LogP contribution >= 0.6 is 0 Å². The first-order chi connectivity index (χ1) is 18.1. The molecule has 3 N–H and O–H groups in total. The lowest BCUT2D eigenvalue weighted by Gasteiger charge is -2.36. The van der Waals surface area contributed by atoms with Crippen LogP contribution in [0.15, 0.2) is 67.0 Å². The molecular weight excluding hydrogens is 466 g/mol. The van der Waals surface area contributed by atoms with Crippen molar-refractivity contribution in [2.24, 2.45) is 0 Å². The number of aryl methyl sites for hydroxylation is 1. The van der Waals surface area contributed by atoms with Crippen molar-refractivity contribution in [1.82, 2.24) is 25.1 Å². The molecule has 0 unspecified atom stereocenters. The quantitative estimate of drug-likeness (QED) is 0.447. The third kappa shape index (κ3) is 5.69. The predicted molar refractivity (Wildman–Crippen MR) is 143 cm³/mol. The van der Waals surface area contributed by atoms with Gasteiger partial charge in [0.05, 0.1) is 24.1 Å². The molecule has 2 aromatic carbocycles. The molecule has 0 spiro atoms. The van der Waals surface area contributed by atoms with Crippen molar-refractivity contribution in [3.63, 3.8) is 0 Å². The molecule has 37 heavy (non-hydrogen) atoms. The Morgan fingerprint density at radius 3 is 2.51 bits per heavy atom. The summed E-state index contributed by atoms with van der Waals surface area (Å²) in [7, 11) is 0. The molecule has 1 aromatic heterocycles. The number of benzene rings is 2. The number of piperazine rings is 1. The van der Waals surface area contributed by atoms with Gasteiger partial charge in [0.15, 0.2) is 5.69 Å². The van der Waals surface area contributed by atoms with Crippen LogP contribution in [0.25, 0.3) is 11.3 Å². The van der Waals surface area contributed by atoms with Crippen molar-refractivity contribution >= 4 is 12.0 Å². The zero-order valence-corrected chi connectivity index (χ0v) is 21.1. The summed E-state index contributed by atoms with van der Waals surface area (Å²) < 4.78 is 2.05. The van der Waals surface area contributed by atoms with Gasteiger partial charge in [-0.3, -0.25) is 4.79 Å². The molecule has 8 nitrogen and oxygen atoms in total. The van der Waals surface area contributed by atoms with Crippen molar-refractivity contribution in [3.05, 3.63) is 78.2 Å². The Labute approximate surface area is 217 Å². The van der Waals surface area contributed by atoms with Crippen molar-refractivity contribution in [2.45, 2.75) is 56.7 Å². The molecule has 8 heteroatoms. The second-order valence-electron chi connectivity index (χ2n) is 10.0. The van der Waals surface area contributed by atoms with E-state index in [9.17, 15) is 14.7 Å². The van der Waals surface area contributed by atoms with Gasteiger partial charge in [-0.15, -0.1) is 0 Å². The van der Waals surface area contributed by atoms with E-state index in [4.69, 9.17) is 0 Å². The summed E-state index contributed by atoms with van der Waals surface area (Å²) in [6, 6.07) is 20.0. The van der Waals surface area contributed by atoms with Crippen LogP contribution in [0.4, 0.5) is 4.79 Å². The average Bonchev–Trinajstić information content (AvgIpc) is 3.38. The Kier molecular flexibility index (Phi) is 7.84. The number of hydrogen-bond donors (Lipinski definition) is 3. The molecule has 1 saturated heterocycles. The van der Waals surface area contributed by atoms with Crippen molar-refractivity contribution in [1.29, 1.82) is 0 Å². The summed E-state index contributed by atoms with van der Waals surface area (Å²) in [6.07, 6.45) is 6.09. The minimum atomic E-state index is -1.02. The van der Waals surface area contributed by atoms with Crippen LogP contribution in [0.1, 0.15) is 54.2 Å². The monoisotopic (exact) mass is 501 g/mol. The summed E-state index contributed by atoms with van der Waals surface area (Å²) in [5, 5.41) is 15.6. The van der Waals surface area contributed by atoms with E-state index in [1.54, 1.807) is 6.33 Å². The number of nitrogens with one attached hydrogen (secondary N) is 2. The number of nitrogens with zero attached hydrogens (tertiary/aromatic N) is 3. The number of carboxylic acid groups (broad SMARTS) is 1. The van der Waals surface area contributed by atoms with E-state index in [-0.39, 0.29) is 24.0 Å². The normalized spacial score (nSPS) is 21.9. The first-order valence-corrected chi connectivity index (χ1v) is 13.3. The smallest absolute Gasteiger partial charge is 0.404 e. The van der Waals surface area contributed by atoms with E-state index < -0.39 is 6.09 Å². The number of imidazole rings is 1. The van der Waals surface area contributed by atoms with E-state index >= 15 is 0 Å². The number of carbonyl (C=O) groups excluding carboxylic acids is 1. The first-order valence-electron chi connectivity index (χ1n) is 13.3. The highest BCUT2D eigenvalue weighted by atomic mass is 16.4. The Balaban J connectivity index is 1.46. The Hall–Kier alpha value is -3.65. The zero-order valence-electron chi connectivity index (χ0n) is 21.1. The number of carbonyl (C=O) groups is 2. The van der Waals surface area contributed by atoms with E-state index in [0.29, 0.717) is 12.2 Å². The van der Waals surface area contributed by atoms with Gasteiger partial charge in [0.2, 0.25) is 0 Å². The fourth-order valence-corrected chi connectivity index (χ4v) is 5.82. The molecule has 5 rings (SSSR count). The first kappa shape index (κ1) is 25.0. The number of hydrogen-bond acceptors (Lipinski definition) is 4. The summed E-state index contributed by atoms with van der Waals surface area (Å²) in [4.78, 5) is 32.3. The lowest BCUT2D eigenvalue weighted by Crippen LogP contribution is -2.54. The molecule has 3 aromatic rings. The standard InChI is InChI=1S/C29H35N5O3/c35-28(33-18-17-30-19-23(33)16-15-21-9-3-1-4-10-21)26-27(22-11-5-2-6-12-22)34(20-31-26)25-14-8-7-13-24(25)32-29(36)37/h1-6,9-12,20,23-25,30,32H,7-8,13-19H2,(H,36,37)/t23-,24+,25+/m1/s1. The summed E-state index contributed by atoms with van der Waals surface area (Å²) >= 11 is 0. The molecule has 0 bridgehead atoms. The summed E-state index contributed by atoms with van der Waals surface area (Å²) in [6.45, 7) is 2.14. The second kappa shape index (κ2) is 11.6. The van der Waals surface area contributed by atoms with Crippen LogP contribution in [-0.4, -0.2) is 63.3 Å². The van der Waals surface area contributed by atoms with E-state index in [1.807, 2.05) is 58.0 Å². The van der Waals surface area contributed by atoms with Crippen LogP contribution in [0.3, 0.4) is 0 Å². The molecule has 194 valence electrons. The maximum absolute atomic E-state index is 14.1. The van der Waals surface area contributed by atoms with Crippen LogP contribution in [0, 0.1) is 0 Å². The largest absolute Gasteiger partial charge is 0.465 e. The van der Waals surface area contributed by atoms with Crippen molar-refractivity contribution in [2.75, 3.05) is 19.6 Å². The maximum atomic E-state index is 14.1. The van der Waals surface area contributed by atoms with Gasteiger partial charge >= 0.3 is 6.09 Å². The fourth-order valence-electron chi connectivity index (χ4n) is 5.82. The van der Waals surface area contributed by atoms with Gasteiger partial charge < -0.3 is 25.2 Å². The second-order valence-corrected chi connectivity index (χ2v) is 10.0. The minimum Gasteiger partial charge on any atom is -0.465 e. The fraction of sp³-hybridized carbons (Fsp3) is 0.414. The summed E-state index contributed by atoms with van der Waals surface area (Å²) in [5.74, 6) is -0.0595. The zero-order chi connectivity index (χ0) is 25.6. The molecule has 2 heterocycles. The van der Waals surface area contributed by atoms with Crippen LogP contribution in [0.5, 0.6) is 0 Å². The van der Waals surface area contributed by atoms with Gasteiger partial charge in [0.1, 0.15) is 0 Å². The van der Waals surface area contributed by atoms with Gasteiger partial charge in [-0.25, -0.2) is 9.78 Å². The van der Waals surface area contributed by atoms with Gasteiger partial charge in [0, 0.05) is 31.2 Å². The van der Waals surface area contributed by atoms with Gasteiger partial charge in [-0.05, 0) is 31.2 Å². The SMILES string of the molecule is O=C(O)N[C@H]1CCCC[C@@H]1n1cnc(C(=O)N2CCNC[C@H]2CCc2ccccc2)c1-c1ccccc1. The average molecular weight is 502 g/mol. The lowest BCUT2D eigenvalue weighted by molar-refractivity contribution is 0.0620. The third-order valence-corrected chi connectivity index (χ3v) is 7.66. The molecular formula is C29H35N5O3. The topological polar surface area (TPSA) is 99.5 Å². The number of rotatable bonds is 7. The van der Waals surface area contributed by atoms with Gasteiger partial charge in [0.25, 0.3) is 5.91 Å². The van der Waals surface area contributed by atoms with Crippen molar-refractivity contribution in [3.8, 4) is 11.3 Å². The molecule has 1 aliphatic carbocycles. The van der Waals surface area contributed by atoms with Crippen LogP contribution in [0.2, 0.25) is 0 Å². The van der Waals surface area contributed by atoms with Gasteiger partial charge in [-0.2, -0.15) is 0 Å². The predicted octanol–water partition coefficient (Wildman–Crippen LogP) is 4.35.